The zero-order valence-corrected chi connectivity index (χ0v) is 19.6. The van der Waals surface area contributed by atoms with Gasteiger partial charge in [0.25, 0.3) is 5.91 Å². The lowest BCUT2D eigenvalue weighted by molar-refractivity contribution is 0.102. The molecule has 1 fully saturated rings. The summed E-state index contributed by atoms with van der Waals surface area (Å²) in [5.41, 5.74) is 9.46. The summed E-state index contributed by atoms with van der Waals surface area (Å²) in [5, 5.41) is 11.7. The monoisotopic (exact) mass is 477 g/mol. The lowest BCUT2D eigenvalue weighted by atomic mass is 10.0. The first kappa shape index (κ1) is 23.0. The summed E-state index contributed by atoms with van der Waals surface area (Å²) >= 11 is 0. The van der Waals surface area contributed by atoms with Crippen LogP contribution >= 0.6 is 0 Å². The molecule has 4 aromatic heterocycles. The van der Waals surface area contributed by atoms with Crippen LogP contribution in [0, 0.1) is 23.2 Å². The molecule has 36 heavy (non-hydrogen) atoms. The molecular formula is C26H23N9O. The number of nitrogen functional groups attached to an aromatic ring is 1. The molecule has 1 aliphatic heterocycles. The van der Waals surface area contributed by atoms with Crippen molar-refractivity contribution in [1.82, 2.24) is 29.2 Å². The molecule has 0 aromatic carbocycles. The fourth-order valence-corrected chi connectivity index (χ4v) is 4.38. The largest absolute Gasteiger partial charge is 0.369 e. The molecule has 5 heterocycles. The number of fused-ring (bicyclic) bond motifs is 1. The van der Waals surface area contributed by atoms with Gasteiger partial charge in [0, 0.05) is 36.6 Å². The van der Waals surface area contributed by atoms with Crippen molar-refractivity contribution >= 4 is 23.2 Å². The van der Waals surface area contributed by atoms with Gasteiger partial charge in [-0.3, -0.25) is 19.1 Å². The van der Waals surface area contributed by atoms with Gasteiger partial charge >= 0.3 is 0 Å². The number of nitriles is 1. The van der Waals surface area contributed by atoms with Crippen molar-refractivity contribution in [3.63, 3.8) is 0 Å². The second-order valence-corrected chi connectivity index (χ2v) is 8.42. The van der Waals surface area contributed by atoms with Crippen LogP contribution < -0.4 is 11.1 Å². The maximum Gasteiger partial charge on any atom is 0.275 e. The highest BCUT2D eigenvalue weighted by Crippen LogP contribution is 2.33. The Balaban J connectivity index is 1.43. The molecule has 1 unspecified atom stereocenters. The molecule has 1 amide bonds. The van der Waals surface area contributed by atoms with Crippen molar-refractivity contribution in [3.8, 4) is 29.3 Å². The normalized spacial score (nSPS) is 15.3. The Kier molecular flexibility index (Phi) is 6.27. The van der Waals surface area contributed by atoms with Crippen LogP contribution in [-0.2, 0) is 0 Å². The van der Waals surface area contributed by atoms with Gasteiger partial charge in [0.05, 0.1) is 29.4 Å². The average molecular weight is 478 g/mol. The maximum absolute atomic E-state index is 12.7. The highest BCUT2D eigenvalue weighted by molar-refractivity contribution is 6.02. The third-order valence-corrected chi connectivity index (χ3v) is 6.13. The Bertz CT molecular complexity index is 1540. The van der Waals surface area contributed by atoms with Gasteiger partial charge in [0.15, 0.2) is 0 Å². The van der Waals surface area contributed by atoms with Crippen LogP contribution in [0.3, 0.4) is 0 Å². The van der Waals surface area contributed by atoms with E-state index in [1.807, 2.05) is 23.5 Å². The molecule has 1 saturated heterocycles. The summed E-state index contributed by atoms with van der Waals surface area (Å²) in [4.78, 5) is 32.6. The number of rotatable bonds is 5. The zero-order valence-electron chi connectivity index (χ0n) is 19.6. The van der Waals surface area contributed by atoms with E-state index in [1.54, 1.807) is 30.6 Å². The second-order valence-electron chi connectivity index (χ2n) is 8.42. The number of pyridine rings is 2. The number of carbonyl (C=O) groups excluding carboxylic acids is 1. The van der Waals surface area contributed by atoms with Crippen molar-refractivity contribution in [1.29, 1.82) is 5.26 Å². The molecular weight excluding hydrogens is 454 g/mol. The first-order chi connectivity index (χ1) is 17.6. The quantitative estimate of drug-likeness (QED) is 0.419. The fourth-order valence-electron chi connectivity index (χ4n) is 4.38. The molecule has 1 aliphatic rings. The smallest absolute Gasteiger partial charge is 0.275 e. The van der Waals surface area contributed by atoms with E-state index in [1.165, 1.54) is 12.3 Å². The van der Waals surface area contributed by atoms with Gasteiger partial charge in [-0.1, -0.05) is 5.92 Å². The number of anilines is 2. The van der Waals surface area contributed by atoms with Crippen molar-refractivity contribution in [3.05, 3.63) is 65.9 Å². The summed E-state index contributed by atoms with van der Waals surface area (Å²) in [5.74, 6) is 7.15. The number of amides is 1. The molecule has 3 N–H and O–H groups in total. The summed E-state index contributed by atoms with van der Waals surface area (Å²) in [7, 11) is 0. The Labute approximate surface area is 207 Å². The van der Waals surface area contributed by atoms with E-state index in [0.29, 0.717) is 22.9 Å². The number of aromatic nitrogens is 5. The SMILES string of the molecule is CC#CCN1CCC(c2nc(-c3ccc(C(=O)Nc4cc(C#N)ccn4)nc3)n3c(N)nccc23)C1. The van der Waals surface area contributed by atoms with Crippen molar-refractivity contribution < 1.29 is 4.79 Å². The van der Waals surface area contributed by atoms with E-state index in [4.69, 9.17) is 16.0 Å². The Hall–Kier alpha value is -4.80. The van der Waals surface area contributed by atoms with Gasteiger partial charge in [0.2, 0.25) is 5.95 Å². The predicted molar refractivity (Wildman–Crippen MR) is 135 cm³/mol. The lowest BCUT2D eigenvalue weighted by Crippen LogP contribution is -2.20. The molecule has 178 valence electrons. The van der Waals surface area contributed by atoms with E-state index in [2.05, 4.69) is 37.0 Å². The number of nitrogens with one attached hydrogen (secondary N) is 1. The predicted octanol–water partition coefficient (Wildman–Crippen LogP) is 2.71. The van der Waals surface area contributed by atoms with Crippen molar-refractivity contribution in [2.45, 2.75) is 19.3 Å². The number of hydrogen-bond acceptors (Lipinski definition) is 8. The van der Waals surface area contributed by atoms with Gasteiger partial charge in [-0.25, -0.2) is 15.0 Å². The van der Waals surface area contributed by atoms with Gasteiger partial charge in [-0.15, -0.1) is 5.92 Å². The molecule has 10 heteroatoms. The Morgan fingerprint density at radius 3 is 2.86 bits per heavy atom. The number of nitrogens with two attached hydrogens (primary N) is 1. The van der Waals surface area contributed by atoms with Crippen molar-refractivity contribution in [2.75, 3.05) is 30.7 Å². The molecule has 0 radical (unpaired) electrons. The maximum atomic E-state index is 12.7. The number of imidazole rings is 1. The molecule has 0 saturated carbocycles. The summed E-state index contributed by atoms with van der Waals surface area (Å²) in [6.45, 7) is 4.44. The van der Waals surface area contributed by atoms with Crippen LogP contribution in [0.1, 0.15) is 41.0 Å². The van der Waals surface area contributed by atoms with Crippen LogP contribution in [0.4, 0.5) is 11.8 Å². The minimum absolute atomic E-state index is 0.207. The van der Waals surface area contributed by atoms with E-state index in [0.717, 1.165) is 37.3 Å². The van der Waals surface area contributed by atoms with Crippen LogP contribution in [0.15, 0.2) is 48.9 Å². The number of hydrogen-bond donors (Lipinski definition) is 2. The average Bonchev–Trinajstić information content (AvgIpc) is 3.53. The molecule has 0 spiro atoms. The topological polar surface area (TPSA) is 138 Å². The molecule has 10 nitrogen and oxygen atoms in total. The van der Waals surface area contributed by atoms with Crippen LogP contribution in [0.25, 0.3) is 16.9 Å². The Morgan fingerprint density at radius 2 is 2.08 bits per heavy atom. The summed E-state index contributed by atoms with van der Waals surface area (Å²) in [6.07, 6.45) is 5.73. The first-order valence-corrected chi connectivity index (χ1v) is 11.5. The van der Waals surface area contributed by atoms with Crippen LogP contribution in [0.5, 0.6) is 0 Å². The van der Waals surface area contributed by atoms with E-state index < -0.39 is 5.91 Å². The molecule has 4 aromatic rings. The van der Waals surface area contributed by atoms with E-state index >= 15 is 0 Å². The first-order valence-electron chi connectivity index (χ1n) is 11.5. The third kappa shape index (κ3) is 4.45. The number of nitrogens with zero attached hydrogens (tertiary/aromatic N) is 7. The van der Waals surface area contributed by atoms with Gasteiger partial charge in [-0.05, 0) is 50.2 Å². The summed E-state index contributed by atoms with van der Waals surface area (Å²) in [6, 6.07) is 10.4. The molecule has 1 atom stereocenters. The number of carbonyl (C=O) groups is 1. The minimum atomic E-state index is -0.430. The van der Waals surface area contributed by atoms with E-state index in [-0.39, 0.29) is 17.4 Å². The highest BCUT2D eigenvalue weighted by atomic mass is 16.1. The van der Waals surface area contributed by atoms with Gasteiger partial charge in [0.1, 0.15) is 17.3 Å². The number of likely N-dealkylation sites (tertiary alicyclic amines) is 1. The second kappa shape index (κ2) is 9.82. The van der Waals surface area contributed by atoms with E-state index in [9.17, 15) is 4.79 Å². The summed E-state index contributed by atoms with van der Waals surface area (Å²) < 4.78 is 1.83. The fraction of sp³-hybridized carbons (Fsp3) is 0.231. The lowest BCUT2D eigenvalue weighted by Gasteiger charge is -2.11. The van der Waals surface area contributed by atoms with Crippen molar-refractivity contribution in [2.24, 2.45) is 0 Å². The van der Waals surface area contributed by atoms with Gasteiger partial charge in [-0.2, -0.15) is 5.26 Å². The van der Waals surface area contributed by atoms with Crippen LogP contribution in [0.2, 0.25) is 0 Å². The zero-order chi connectivity index (χ0) is 25.1. The Morgan fingerprint density at radius 1 is 1.22 bits per heavy atom. The molecule has 0 aliphatic carbocycles. The standard InChI is InChI=1S/C26H23N9O/c1-2-3-11-34-12-8-19(16-34)23-21-7-10-30-26(28)35(21)24(33-23)18-4-5-20(31-15-18)25(36)32-22-13-17(14-27)6-9-29-22/h4-7,9-10,13,15,19H,8,11-12,16H2,1H3,(H2,28,30)(H,29,32,36). The molecule has 5 rings (SSSR count). The highest BCUT2D eigenvalue weighted by Gasteiger charge is 2.28. The minimum Gasteiger partial charge on any atom is -0.369 e. The molecule has 0 bridgehead atoms. The van der Waals surface area contributed by atoms with Crippen LogP contribution in [-0.4, -0.2) is 54.8 Å². The third-order valence-electron chi connectivity index (χ3n) is 6.13. The van der Waals surface area contributed by atoms with Gasteiger partial charge < -0.3 is 11.1 Å².